The van der Waals surface area contributed by atoms with Gasteiger partial charge in [-0.15, -0.1) is 10.2 Å². The highest BCUT2D eigenvalue weighted by Crippen LogP contribution is 2.22. The number of aromatic nitrogens is 4. The highest BCUT2D eigenvalue weighted by molar-refractivity contribution is 5.70. The van der Waals surface area contributed by atoms with Crippen LogP contribution in [-0.2, 0) is 9.53 Å². The van der Waals surface area contributed by atoms with Crippen LogP contribution in [0.25, 0.3) is 0 Å². The summed E-state index contributed by atoms with van der Waals surface area (Å²) >= 11 is 0. The predicted octanol–water partition coefficient (Wildman–Crippen LogP) is -0.00200. The Morgan fingerprint density at radius 1 is 1.71 bits per heavy atom. The molecule has 2 N–H and O–H groups in total. The van der Waals surface area contributed by atoms with Gasteiger partial charge in [0.2, 0.25) is 5.82 Å². The normalized spacial score (nSPS) is 15.0. The Balaban J connectivity index is 2.79. The van der Waals surface area contributed by atoms with Crippen molar-refractivity contribution < 1.29 is 14.6 Å². The van der Waals surface area contributed by atoms with Crippen molar-refractivity contribution in [1.82, 2.24) is 20.6 Å². The van der Waals surface area contributed by atoms with Crippen molar-refractivity contribution in [3.63, 3.8) is 0 Å². The van der Waals surface area contributed by atoms with E-state index in [2.05, 4.69) is 20.6 Å². The van der Waals surface area contributed by atoms with E-state index in [4.69, 9.17) is 9.84 Å². The Labute approximate surface area is 80.5 Å². The molecule has 1 rings (SSSR count). The predicted molar refractivity (Wildman–Crippen MR) is 45.3 cm³/mol. The number of aromatic amines is 1. The van der Waals surface area contributed by atoms with Gasteiger partial charge in [0.05, 0.1) is 5.92 Å². The zero-order chi connectivity index (χ0) is 10.6. The van der Waals surface area contributed by atoms with Crippen LogP contribution in [-0.4, -0.2) is 38.3 Å². The minimum atomic E-state index is -0.951. The summed E-state index contributed by atoms with van der Waals surface area (Å²) in [6.45, 7) is 3.72. The molecule has 0 aliphatic rings. The topological polar surface area (TPSA) is 101 Å². The largest absolute Gasteiger partial charge is 0.481 e. The number of carboxylic acids is 1. The molecular weight excluding hydrogens is 188 g/mol. The molecule has 0 aromatic carbocycles. The standard InChI is InChI=1S/C7H12N4O3/c1-3-14-5(4(2)7(12)13)6-8-10-11-9-6/h4-5H,3H2,1-2H3,(H,12,13)(H,8,9,10,11). The molecule has 0 bridgehead atoms. The number of aliphatic carboxylic acids is 1. The number of nitrogens with zero attached hydrogens (tertiary/aromatic N) is 3. The third kappa shape index (κ3) is 2.25. The van der Waals surface area contributed by atoms with Gasteiger partial charge in [0.25, 0.3) is 0 Å². The zero-order valence-corrected chi connectivity index (χ0v) is 7.97. The van der Waals surface area contributed by atoms with Crippen molar-refractivity contribution in [3.05, 3.63) is 5.82 Å². The van der Waals surface area contributed by atoms with Crippen LogP contribution in [0.2, 0.25) is 0 Å². The first-order chi connectivity index (χ1) is 6.66. The summed E-state index contributed by atoms with van der Waals surface area (Å²) in [5, 5.41) is 21.8. The number of rotatable bonds is 5. The summed E-state index contributed by atoms with van der Waals surface area (Å²) in [5.41, 5.74) is 0. The second kappa shape index (κ2) is 4.66. The Hall–Kier alpha value is -1.50. The third-order valence-electron chi connectivity index (χ3n) is 1.81. The molecule has 78 valence electrons. The highest BCUT2D eigenvalue weighted by Gasteiger charge is 2.28. The lowest BCUT2D eigenvalue weighted by Crippen LogP contribution is -2.22. The molecule has 0 amide bonds. The van der Waals surface area contributed by atoms with Crippen LogP contribution in [0.1, 0.15) is 25.8 Å². The fourth-order valence-electron chi connectivity index (χ4n) is 1.04. The van der Waals surface area contributed by atoms with Gasteiger partial charge in [-0.05, 0) is 13.8 Å². The molecule has 1 aromatic heterocycles. The molecular formula is C7H12N4O3. The second-order valence-corrected chi connectivity index (χ2v) is 2.77. The van der Waals surface area contributed by atoms with Crippen molar-refractivity contribution in [2.24, 2.45) is 5.92 Å². The summed E-state index contributed by atoms with van der Waals surface area (Å²) in [7, 11) is 0. The van der Waals surface area contributed by atoms with Crippen LogP contribution < -0.4 is 0 Å². The van der Waals surface area contributed by atoms with Gasteiger partial charge < -0.3 is 9.84 Å². The summed E-state index contributed by atoms with van der Waals surface area (Å²) in [4.78, 5) is 10.7. The molecule has 14 heavy (non-hydrogen) atoms. The van der Waals surface area contributed by atoms with E-state index in [9.17, 15) is 4.79 Å². The molecule has 1 aromatic rings. The summed E-state index contributed by atoms with van der Waals surface area (Å²) in [6, 6.07) is 0. The van der Waals surface area contributed by atoms with E-state index >= 15 is 0 Å². The van der Waals surface area contributed by atoms with Gasteiger partial charge >= 0.3 is 5.97 Å². The van der Waals surface area contributed by atoms with Crippen LogP contribution in [0.5, 0.6) is 0 Å². The van der Waals surface area contributed by atoms with Crippen LogP contribution in [0, 0.1) is 5.92 Å². The molecule has 1 heterocycles. The van der Waals surface area contributed by atoms with Gasteiger partial charge in [0.1, 0.15) is 6.10 Å². The van der Waals surface area contributed by atoms with Gasteiger partial charge in [-0.1, -0.05) is 5.21 Å². The highest BCUT2D eigenvalue weighted by atomic mass is 16.5. The van der Waals surface area contributed by atoms with Crippen LogP contribution in [0.15, 0.2) is 0 Å². The minimum absolute atomic E-state index is 0.266. The number of nitrogens with one attached hydrogen (secondary N) is 1. The van der Waals surface area contributed by atoms with Gasteiger partial charge in [-0.2, -0.15) is 5.21 Å². The van der Waals surface area contributed by atoms with Gasteiger partial charge in [-0.25, -0.2) is 0 Å². The Bertz CT molecular complexity index is 287. The van der Waals surface area contributed by atoms with Crippen LogP contribution in [0.4, 0.5) is 0 Å². The van der Waals surface area contributed by atoms with E-state index in [0.29, 0.717) is 6.61 Å². The molecule has 0 saturated heterocycles. The van der Waals surface area contributed by atoms with Crippen molar-refractivity contribution in [1.29, 1.82) is 0 Å². The summed E-state index contributed by atoms with van der Waals surface area (Å²) in [5.74, 6) is -1.39. The van der Waals surface area contributed by atoms with Gasteiger partial charge in [0, 0.05) is 6.61 Å². The smallest absolute Gasteiger partial charge is 0.309 e. The van der Waals surface area contributed by atoms with Crippen molar-refractivity contribution in [2.75, 3.05) is 6.61 Å². The Morgan fingerprint density at radius 2 is 2.43 bits per heavy atom. The van der Waals surface area contributed by atoms with E-state index in [1.54, 1.807) is 13.8 Å². The maximum absolute atomic E-state index is 10.7. The van der Waals surface area contributed by atoms with Gasteiger partial charge in [-0.3, -0.25) is 4.79 Å². The number of H-pyrrole nitrogens is 1. The number of hydrogen-bond donors (Lipinski definition) is 2. The maximum atomic E-state index is 10.7. The first-order valence-corrected chi connectivity index (χ1v) is 4.24. The van der Waals surface area contributed by atoms with Gasteiger partial charge in [0.15, 0.2) is 0 Å². The lowest BCUT2D eigenvalue weighted by atomic mass is 10.0. The fraction of sp³-hybridized carbons (Fsp3) is 0.714. The lowest BCUT2D eigenvalue weighted by Gasteiger charge is -2.16. The van der Waals surface area contributed by atoms with Crippen LogP contribution >= 0.6 is 0 Å². The number of carbonyl (C=O) groups is 1. The first kappa shape index (κ1) is 10.6. The SMILES string of the molecule is CCOC(c1nn[nH]n1)C(C)C(=O)O. The molecule has 7 nitrogen and oxygen atoms in total. The van der Waals surface area contributed by atoms with E-state index < -0.39 is 18.0 Å². The molecule has 7 heteroatoms. The Morgan fingerprint density at radius 3 is 2.86 bits per heavy atom. The molecule has 0 aliphatic heterocycles. The second-order valence-electron chi connectivity index (χ2n) is 2.77. The van der Waals surface area contributed by atoms with E-state index in [1.807, 2.05) is 0 Å². The molecule has 0 saturated carbocycles. The third-order valence-corrected chi connectivity index (χ3v) is 1.81. The van der Waals surface area contributed by atoms with E-state index in [0.717, 1.165) is 0 Å². The minimum Gasteiger partial charge on any atom is -0.481 e. The fourth-order valence-corrected chi connectivity index (χ4v) is 1.04. The maximum Gasteiger partial charge on any atom is 0.309 e. The van der Waals surface area contributed by atoms with Crippen molar-refractivity contribution >= 4 is 5.97 Å². The molecule has 2 atom stereocenters. The van der Waals surface area contributed by atoms with Crippen molar-refractivity contribution in [2.45, 2.75) is 20.0 Å². The molecule has 0 radical (unpaired) electrons. The molecule has 0 spiro atoms. The summed E-state index contributed by atoms with van der Waals surface area (Å²) < 4.78 is 5.24. The van der Waals surface area contributed by atoms with Crippen molar-refractivity contribution in [3.8, 4) is 0 Å². The molecule has 0 fully saturated rings. The lowest BCUT2D eigenvalue weighted by molar-refractivity contribution is -0.147. The first-order valence-electron chi connectivity index (χ1n) is 4.24. The number of ether oxygens (including phenoxy) is 1. The summed E-state index contributed by atoms with van der Waals surface area (Å²) in [6.07, 6.45) is -0.656. The average molecular weight is 200 g/mol. The molecule has 2 unspecified atom stereocenters. The molecule has 0 aliphatic carbocycles. The quantitative estimate of drug-likeness (QED) is 0.693. The zero-order valence-electron chi connectivity index (χ0n) is 7.97. The Kier molecular flexibility index (Phi) is 3.52. The average Bonchev–Trinajstić information content (AvgIpc) is 2.65. The number of hydrogen-bond acceptors (Lipinski definition) is 5. The number of carboxylic acid groups (broad SMARTS) is 1. The van der Waals surface area contributed by atoms with E-state index in [-0.39, 0.29) is 5.82 Å². The number of tetrazole rings is 1. The monoisotopic (exact) mass is 200 g/mol. The van der Waals surface area contributed by atoms with Crippen LogP contribution in [0.3, 0.4) is 0 Å². The van der Waals surface area contributed by atoms with E-state index in [1.165, 1.54) is 0 Å².